The largest absolute Gasteiger partial charge is 0.327 e. The first kappa shape index (κ1) is 25.1. The third kappa shape index (κ3) is 7.26. The standard InChI is InChI=1S/C31H35N3/c1-2-3-8-24-17-25(9-5-14-32)20-30(19-24)28-12-4-13-29(23-28)31-21-26(10-6-15-33)18-27(22-31)11-7-16-34/h3-13,17-23H,2,14-16,32-34H2,1H3/b8-3+,9-5+,10-6+,11-7+. The van der Waals surface area contributed by atoms with Gasteiger partial charge in [-0.05, 0) is 93.4 Å². The molecule has 0 aromatic heterocycles. The van der Waals surface area contributed by atoms with Gasteiger partial charge in [0.15, 0.2) is 0 Å². The van der Waals surface area contributed by atoms with Gasteiger partial charge in [-0.25, -0.2) is 0 Å². The van der Waals surface area contributed by atoms with E-state index in [2.05, 4.69) is 98.0 Å². The zero-order chi connectivity index (χ0) is 24.2. The number of rotatable bonds is 10. The minimum atomic E-state index is 0.511. The lowest BCUT2D eigenvalue weighted by Gasteiger charge is -2.10. The molecule has 34 heavy (non-hydrogen) atoms. The second-order valence-corrected chi connectivity index (χ2v) is 8.08. The number of allylic oxidation sites excluding steroid dienone is 1. The number of benzene rings is 3. The van der Waals surface area contributed by atoms with Crippen molar-refractivity contribution in [3.8, 4) is 22.3 Å². The molecule has 3 nitrogen and oxygen atoms in total. The van der Waals surface area contributed by atoms with Crippen molar-refractivity contribution in [2.45, 2.75) is 13.3 Å². The van der Waals surface area contributed by atoms with E-state index in [1.54, 1.807) is 0 Å². The first-order valence-electron chi connectivity index (χ1n) is 11.8. The van der Waals surface area contributed by atoms with Gasteiger partial charge in [-0.3, -0.25) is 0 Å². The highest BCUT2D eigenvalue weighted by Gasteiger charge is 2.06. The van der Waals surface area contributed by atoms with Crippen LogP contribution in [0.25, 0.3) is 46.6 Å². The Balaban J connectivity index is 2.08. The fourth-order valence-corrected chi connectivity index (χ4v) is 3.82. The normalized spacial score (nSPS) is 12.1. The van der Waals surface area contributed by atoms with E-state index in [0.29, 0.717) is 19.6 Å². The lowest BCUT2D eigenvalue weighted by atomic mass is 9.94. The van der Waals surface area contributed by atoms with Gasteiger partial charge in [-0.2, -0.15) is 0 Å². The molecular formula is C31H35N3. The second-order valence-electron chi connectivity index (χ2n) is 8.08. The fourth-order valence-electron chi connectivity index (χ4n) is 3.82. The summed E-state index contributed by atoms with van der Waals surface area (Å²) < 4.78 is 0. The maximum Gasteiger partial charge on any atom is 0.0110 e. The highest BCUT2D eigenvalue weighted by molar-refractivity contribution is 5.78. The molecule has 0 spiro atoms. The van der Waals surface area contributed by atoms with Crippen molar-refractivity contribution in [1.29, 1.82) is 0 Å². The lowest BCUT2D eigenvalue weighted by molar-refractivity contribution is 1.23. The summed E-state index contributed by atoms with van der Waals surface area (Å²) in [5.41, 5.74) is 26.3. The molecule has 3 aromatic carbocycles. The Morgan fingerprint density at radius 1 is 0.500 bits per heavy atom. The predicted molar refractivity (Wildman–Crippen MR) is 151 cm³/mol. The zero-order valence-corrected chi connectivity index (χ0v) is 20.0. The van der Waals surface area contributed by atoms with Gasteiger partial charge in [0.1, 0.15) is 0 Å². The molecule has 0 fully saturated rings. The van der Waals surface area contributed by atoms with Crippen LogP contribution < -0.4 is 17.2 Å². The maximum atomic E-state index is 5.69. The number of nitrogens with two attached hydrogens (primary N) is 3. The lowest BCUT2D eigenvalue weighted by Crippen LogP contribution is -1.93. The van der Waals surface area contributed by atoms with Gasteiger partial charge in [-0.1, -0.05) is 73.7 Å². The summed E-state index contributed by atoms with van der Waals surface area (Å²) in [4.78, 5) is 0. The second kappa shape index (κ2) is 13.3. The van der Waals surface area contributed by atoms with E-state index < -0.39 is 0 Å². The van der Waals surface area contributed by atoms with Crippen LogP contribution in [-0.4, -0.2) is 19.6 Å². The molecule has 3 aromatic rings. The molecule has 0 aliphatic heterocycles. The highest BCUT2D eigenvalue weighted by Crippen LogP contribution is 2.30. The molecule has 0 bridgehead atoms. The quantitative estimate of drug-likeness (QED) is 0.337. The summed E-state index contributed by atoms with van der Waals surface area (Å²) in [6.45, 7) is 3.69. The van der Waals surface area contributed by atoms with Crippen molar-refractivity contribution in [2.75, 3.05) is 19.6 Å². The fraction of sp³-hybridized carbons (Fsp3) is 0.161. The van der Waals surface area contributed by atoms with E-state index in [1.165, 1.54) is 16.7 Å². The number of hydrogen-bond acceptors (Lipinski definition) is 3. The molecule has 0 heterocycles. The van der Waals surface area contributed by atoms with Crippen LogP contribution in [-0.2, 0) is 0 Å². The average Bonchev–Trinajstić information content (AvgIpc) is 2.88. The molecule has 3 rings (SSSR count). The molecule has 0 saturated carbocycles. The van der Waals surface area contributed by atoms with Gasteiger partial charge in [0.25, 0.3) is 0 Å². The van der Waals surface area contributed by atoms with Crippen molar-refractivity contribution >= 4 is 24.3 Å². The summed E-state index contributed by atoms with van der Waals surface area (Å²) in [6.07, 6.45) is 17.5. The summed E-state index contributed by atoms with van der Waals surface area (Å²) in [7, 11) is 0. The predicted octanol–water partition coefficient (Wildman–Crippen LogP) is 6.36. The van der Waals surface area contributed by atoms with Crippen molar-refractivity contribution in [1.82, 2.24) is 0 Å². The molecule has 0 radical (unpaired) electrons. The molecule has 0 amide bonds. The minimum absolute atomic E-state index is 0.511. The van der Waals surface area contributed by atoms with E-state index in [-0.39, 0.29) is 0 Å². The van der Waals surface area contributed by atoms with Gasteiger partial charge >= 0.3 is 0 Å². The van der Waals surface area contributed by atoms with Crippen molar-refractivity contribution in [2.24, 2.45) is 17.2 Å². The number of hydrogen-bond donors (Lipinski definition) is 3. The third-order valence-corrected chi connectivity index (χ3v) is 5.37. The SMILES string of the molecule is CC/C=C/c1cc(/C=C/CN)cc(-c2cccc(-c3cc(/C=C/CN)cc(/C=C/CN)c3)c2)c1. The van der Waals surface area contributed by atoms with E-state index in [0.717, 1.165) is 34.2 Å². The first-order valence-corrected chi connectivity index (χ1v) is 11.8. The molecule has 6 N–H and O–H groups in total. The first-order chi connectivity index (χ1) is 16.7. The van der Waals surface area contributed by atoms with Crippen molar-refractivity contribution in [3.63, 3.8) is 0 Å². The Morgan fingerprint density at radius 2 is 0.882 bits per heavy atom. The van der Waals surface area contributed by atoms with Crippen LogP contribution in [0.3, 0.4) is 0 Å². The molecule has 0 atom stereocenters. The van der Waals surface area contributed by atoms with Crippen molar-refractivity contribution in [3.05, 3.63) is 107 Å². The van der Waals surface area contributed by atoms with Crippen LogP contribution in [0.15, 0.2) is 85.0 Å². The maximum absolute atomic E-state index is 5.69. The smallest absolute Gasteiger partial charge is 0.0110 e. The summed E-state index contributed by atoms with van der Waals surface area (Å²) in [5, 5.41) is 0. The Hall–Kier alpha value is -3.50. The summed E-state index contributed by atoms with van der Waals surface area (Å²) in [5.74, 6) is 0. The van der Waals surface area contributed by atoms with Crippen molar-refractivity contribution < 1.29 is 0 Å². The van der Waals surface area contributed by atoms with Gasteiger partial charge in [0.05, 0.1) is 0 Å². The Morgan fingerprint density at radius 3 is 1.24 bits per heavy atom. The van der Waals surface area contributed by atoms with Crippen LogP contribution in [0, 0.1) is 0 Å². The summed E-state index contributed by atoms with van der Waals surface area (Å²) >= 11 is 0. The van der Waals surface area contributed by atoms with E-state index in [1.807, 2.05) is 18.2 Å². The van der Waals surface area contributed by atoms with Gasteiger partial charge in [0.2, 0.25) is 0 Å². The summed E-state index contributed by atoms with van der Waals surface area (Å²) in [6, 6.07) is 21.9. The topological polar surface area (TPSA) is 78.1 Å². The van der Waals surface area contributed by atoms with E-state index in [9.17, 15) is 0 Å². The van der Waals surface area contributed by atoms with Gasteiger partial charge in [0, 0.05) is 19.6 Å². The zero-order valence-electron chi connectivity index (χ0n) is 20.0. The molecule has 0 unspecified atom stereocenters. The highest BCUT2D eigenvalue weighted by atomic mass is 14.5. The molecule has 0 aliphatic carbocycles. The average molecular weight is 450 g/mol. The Labute approximate surface area is 204 Å². The van der Waals surface area contributed by atoms with E-state index >= 15 is 0 Å². The molecule has 174 valence electrons. The van der Waals surface area contributed by atoms with Gasteiger partial charge in [-0.15, -0.1) is 0 Å². The molecular weight excluding hydrogens is 414 g/mol. The molecule has 0 aliphatic rings. The molecule has 3 heteroatoms. The van der Waals surface area contributed by atoms with Gasteiger partial charge < -0.3 is 17.2 Å². The van der Waals surface area contributed by atoms with Crippen LogP contribution in [0.4, 0.5) is 0 Å². The van der Waals surface area contributed by atoms with Crippen LogP contribution >= 0.6 is 0 Å². The third-order valence-electron chi connectivity index (χ3n) is 5.37. The molecule has 0 saturated heterocycles. The Kier molecular flexibility index (Phi) is 9.80. The minimum Gasteiger partial charge on any atom is -0.327 e. The van der Waals surface area contributed by atoms with Crippen LogP contribution in [0.5, 0.6) is 0 Å². The monoisotopic (exact) mass is 449 g/mol. The Bertz CT molecular complexity index is 1040. The van der Waals surface area contributed by atoms with E-state index in [4.69, 9.17) is 17.2 Å². The van der Waals surface area contributed by atoms with Crippen LogP contribution in [0.2, 0.25) is 0 Å². The van der Waals surface area contributed by atoms with Crippen LogP contribution in [0.1, 0.15) is 35.6 Å².